The van der Waals surface area contributed by atoms with Gasteiger partial charge in [0.1, 0.15) is 5.75 Å². The first kappa shape index (κ1) is 29.7. The minimum absolute atomic E-state index is 0.646. The summed E-state index contributed by atoms with van der Waals surface area (Å²) in [5, 5.41) is 33.8. The molecular formula is C25H35N3O9. The SMILES string of the molecule is COc1ccccc1CN(CCCn1ccnc1)CC1CCOC1.O=C(O)CC(O)(CC(=O)O)C(=O)O. The molecule has 12 nitrogen and oxygen atoms in total. The third-order valence-corrected chi connectivity index (χ3v) is 5.86. The van der Waals surface area contributed by atoms with Gasteiger partial charge in [0.15, 0.2) is 5.60 Å². The number of carboxylic acid groups (broad SMARTS) is 3. The number of carboxylic acids is 3. The molecule has 4 N–H and O–H groups in total. The first-order valence-corrected chi connectivity index (χ1v) is 11.9. The van der Waals surface area contributed by atoms with Crippen molar-refractivity contribution in [1.82, 2.24) is 14.5 Å². The van der Waals surface area contributed by atoms with Crippen LogP contribution < -0.4 is 4.74 Å². The number of hydrogen-bond acceptors (Lipinski definition) is 8. The summed E-state index contributed by atoms with van der Waals surface area (Å²) in [6.07, 6.45) is 5.74. The Morgan fingerprint density at radius 1 is 1.19 bits per heavy atom. The molecule has 0 radical (unpaired) electrons. The molecule has 0 saturated carbocycles. The minimum Gasteiger partial charge on any atom is -0.496 e. The lowest BCUT2D eigenvalue weighted by Gasteiger charge is -2.26. The predicted molar refractivity (Wildman–Crippen MR) is 131 cm³/mol. The molecule has 12 heteroatoms. The largest absolute Gasteiger partial charge is 0.496 e. The Kier molecular flexibility index (Phi) is 12.0. The first-order chi connectivity index (χ1) is 17.6. The summed E-state index contributed by atoms with van der Waals surface area (Å²) >= 11 is 0. The van der Waals surface area contributed by atoms with Crippen LogP contribution in [0.5, 0.6) is 5.75 Å². The number of carbonyl (C=O) groups is 3. The summed E-state index contributed by atoms with van der Waals surface area (Å²) in [4.78, 5) is 37.1. The molecule has 1 unspecified atom stereocenters. The fraction of sp³-hybridized carbons (Fsp3) is 0.520. The fourth-order valence-corrected chi connectivity index (χ4v) is 4.01. The molecule has 2 aromatic rings. The van der Waals surface area contributed by atoms with Crippen LogP contribution >= 0.6 is 0 Å². The molecule has 1 atom stereocenters. The number of aliphatic carboxylic acids is 3. The Balaban J connectivity index is 0.000000317. The molecule has 0 aliphatic carbocycles. The maximum Gasteiger partial charge on any atom is 0.336 e. The van der Waals surface area contributed by atoms with E-state index in [1.807, 2.05) is 30.9 Å². The van der Waals surface area contributed by atoms with Crippen molar-refractivity contribution in [3.05, 3.63) is 48.5 Å². The molecule has 0 spiro atoms. The third kappa shape index (κ3) is 10.6. The van der Waals surface area contributed by atoms with Gasteiger partial charge in [-0.2, -0.15) is 0 Å². The summed E-state index contributed by atoms with van der Waals surface area (Å²) in [6.45, 7) is 5.87. The minimum atomic E-state index is -2.74. The van der Waals surface area contributed by atoms with E-state index in [4.69, 9.17) is 29.9 Å². The lowest BCUT2D eigenvalue weighted by atomic mass is 9.96. The van der Waals surface area contributed by atoms with Crippen molar-refractivity contribution in [3.8, 4) is 5.75 Å². The average molecular weight is 522 g/mol. The summed E-state index contributed by atoms with van der Waals surface area (Å²) in [7, 11) is 1.74. The number of aryl methyl sites for hydroxylation is 1. The van der Waals surface area contributed by atoms with Gasteiger partial charge in [-0.05, 0) is 24.8 Å². The molecule has 1 saturated heterocycles. The van der Waals surface area contributed by atoms with Crippen LogP contribution in [0.25, 0.3) is 0 Å². The van der Waals surface area contributed by atoms with Crippen LogP contribution in [0.15, 0.2) is 43.0 Å². The Hall–Kier alpha value is -3.48. The number of benzene rings is 1. The van der Waals surface area contributed by atoms with E-state index >= 15 is 0 Å². The van der Waals surface area contributed by atoms with Gasteiger partial charge in [0.05, 0.1) is 32.9 Å². The topological polar surface area (TPSA) is 172 Å². The van der Waals surface area contributed by atoms with Gasteiger partial charge in [0, 0.05) is 50.7 Å². The molecule has 1 aromatic heterocycles. The molecule has 204 valence electrons. The van der Waals surface area contributed by atoms with Gasteiger partial charge in [-0.3, -0.25) is 14.5 Å². The van der Waals surface area contributed by atoms with Crippen LogP contribution in [0.4, 0.5) is 0 Å². The van der Waals surface area contributed by atoms with Crippen molar-refractivity contribution in [3.63, 3.8) is 0 Å². The molecule has 0 bridgehead atoms. The Labute approximate surface area is 215 Å². The highest BCUT2D eigenvalue weighted by molar-refractivity contribution is 5.88. The molecule has 37 heavy (non-hydrogen) atoms. The van der Waals surface area contributed by atoms with E-state index in [1.165, 1.54) is 12.0 Å². The zero-order chi connectivity index (χ0) is 27.3. The van der Waals surface area contributed by atoms with E-state index in [1.54, 1.807) is 7.11 Å². The average Bonchev–Trinajstić information content (AvgIpc) is 3.53. The second kappa shape index (κ2) is 14.9. The first-order valence-electron chi connectivity index (χ1n) is 11.9. The highest BCUT2D eigenvalue weighted by Crippen LogP contribution is 2.22. The Morgan fingerprint density at radius 2 is 1.89 bits per heavy atom. The lowest BCUT2D eigenvalue weighted by Crippen LogP contribution is -2.42. The fourth-order valence-electron chi connectivity index (χ4n) is 4.01. The zero-order valence-corrected chi connectivity index (χ0v) is 20.9. The molecule has 1 fully saturated rings. The zero-order valence-electron chi connectivity index (χ0n) is 20.9. The van der Waals surface area contributed by atoms with E-state index in [-0.39, 0.29) is 0 Å². The molecule has 0 amide bonds. The van der Waals surface area contributed by atoms with Gasteiger partial charge in [0.2, 0.25) is 0 Å². The number of nitrogens with zero attached hydrogens (tertiary/aromatic N) is 3. The summed E-state index contributed by atoms with van der Waals surface area (Å²) < 4.78 is 13.2. The van der Waals surface area contributed by atoms with Crippen LogP contribution in [0.1, 0.15) is 31.2 Å². The Morgan fingerprint density at radius 3 is 2.43 bits per heavy atom. The van der Waals surface area contributed by atoms with E-state index in [9.17, 15) is 14.4 Å². The highest BCUT2D eigenvalue weighted by Gasteiger charge is 2.40. The Bertz CT molecular complexity index is 975. The van der Waals surface area contributed by atoms with E-state index in [0.717, 1.165) is 51.6 Å². The third-order valence-electron chi connectivity index (χ3n) is 5.86. The summed E-state index contributed by atoms with van der Waals surface area (Å²) in [5.41, 5.74) is -1.49. The number of methoxy groups -OCH3 is 1. The number of para-hydroxylation sites is 1. The maximum absolute atomic E-state index is 10.3. The normalized spacial score (nSPS) is 15.2. The van der Waals surface area contributed by atoms with Crippen LogP contribution in [0, 0.1) is 5.92 Å². The number of hydrogen-bond donors (Lipinski definition) is 4. The van der Waals surface area contributed by atoms with Crippen molar-refractivity contribution in [2.24, 2.45) is 5.92 Å². The predicted octanol–water partition coefficient (Wildman–Crippen LogP) is 1.57. The van der Waals surface area contributed by atoms with Crippen LogP contribution in [-0.4, -0.2) is 91.8 Å². The molecule has 3 rings (SSSR count). The second-order valence-corrected chi connectivity index (χ2v) is 8.91. The molecule has 1 aromatic carbocycles. The van der Waals surface area contributed by atoms with Crippen molar-refractivity contribution in [2.45, 2.75) is 44.4 Å². The van der Waals surface area contributed by atoms with Gasteiger partial charge in [-0.15, -0.1) is 0 Å². The maximum atomic E-state index is 10.3. The quantitative estimate of drug-likeness (QED) is 0.284. The van der Waals surface area contributed by atoms with Crippen molar-refractivity contribution in [2.75, 3.05) is 33.4 Å². The van der Waals surface area contributed by atoms with Crippen LogP contribution in [0.3, 0.4) is 0 Å². The van der Waals surface area contributed by atoms with Gasteiger partial charge >= 0.3 is 17.9 Å². The number of ether oxygens (including phenoxy) is 2. The smallest absolute Gasteiger partial charge is 0.336 e. The number of aromatic nitrogens is 2. The van der Waals surface area contributed by atoms with Crippen molar-refractivity contribution >= 4 is 17.9 Å². The summed E-state index contributed by atoms with van der Waals surface area (Å²) in [6, 6.07) is 8.31. The van der Waals surface area contributed by atoms with Crippen molar-refractivity contribution in [1.29, 1.82) is 0 Å². The van der Waals surface area contributed by atoms with Gasteiger partial charge in [-0.25, -0.2) is 9.78 Å². The van der Waals surface area contributed by atoms with Gasteiger partial charge in [-0.1, -0.05) is 18.2 Å². The van der Waals surface area contributed by atoms with E-state index in [0.29, 0.717) is 5.92 Å². The van der Waals surface area contributed by atoms with Crippen LogP contribution in [0.2, 0.25) is 0 Å². The highest BCUT2D eigenvalue weighted by atomic mass is 16.5. The second-order valence-electron chi connectivity index (χ2n) is 8.91. The van der Waals surface area contributed by atoms with E-state index < -0.39 is 36.4 Å². The van der Waals surface area contributed by atoms with Crippen molar-refractivity contribution < 1.29 is 44.3 Å². The van der Waals surface area contributed by atoms with Gasteiger partial charge < -0.3 is 34.5 Å². The molecule has 1 aliphatic rings. The van der Waals surface area contributed by atoms with Crippen LogP contribution in [-0.2, 0) is 32.2 Å². The molecular weight excluding hydrogens is 486 g/mol. The number of rotatable bonds is 14. The molecule has 1 aliphatic heterocycles. The summed E-state index contributed by atoms with van der Waals surface area (Å²) in [5.74, 6) is -3.40. The number of imidazole rings is 1. The standard InChI is InChI=1S/C19H27N3O2.C6H8O7/c1-23-19-6-3-2-5-18(19)14-22(13-17-7-12-24-15-17)10-4-9-21-11-8-20-16-21;7-3(8)1-6(13,5(11)12)2-4(9)10/h2-3,5-6,8,11,16-17H,4,7,9-10,12-15H2,1H3;13H,1-2H2,(H,7,8)(H,9,10)(H,11,12). The number of aliphatic hydroxyl groups is 1. The van der Waals surface area contributed by atoms with E-state index in [2.05, 4.69) is 26.6 Å². The molecule has 2 heterocycles. The monoisotopic (exact) mass is 521 g/mol. The van der Waals surface area contributed by atoms with Gasteiger partial charge in [0.25, 0.3) is 0 Å². The lowest BCUT2D eigenvalue weighted by molar-refractivity contribution is -0.170.